The van der Waals surface area contributed by atoms with Crippen LogP contribution in [0.4, 0.5) is 5.69 Å². The zero-order valence-electron chi connectivity index (χ0n) is 11.2. The first-order valence-corrected chi connectivity index (χ1v) is 6.37. The summed E-state index contributed by atoms with van der Waals surface area (Å²) < 4.78 is 1.34. The van der Waals surface area contributed by atoms with Gasteiger partial charge in [-0.05, 0) is 25.0 Å². The van der Waals surface area contributed by atoms with E-state index in [0.717, 1.165) is 0 Å². The molecule has 8 nitrogen and oxygen atoms in total. The van der Waals surface area contributed by atoms with Gasteiger partial charge in [0.2, 0.25) is 0 Å². The van der Waals surface area contributed by atoms with Crippen LogP contribution in [0.3, 0.4) is 0 Å². The molecule has 0 aliphatic rings. The Balaban J connectivity index is 2.65. The number of aryl methyl sites for hydroxylation is 1. The molecule has 0 bridgehead atoms. The number of nitro benzene ring substituents is 1. The fourth-order valence-electron chi connectivity index (χ4n) is 2.00. The van der Waals surface area contributed by atoms with Crippen LogP contribution in [0.15, 0.2) is 12.1 Å². The molecule has 9 heteroatoms. The van der Waals surface area contributed by atoms with Crippen molar-refractivity contribution in [2.75, 3.05) is 0 Å². The summed E-state index contributed by atoms with van der Waals surface area (Å²) in [5.74, 6) is -1.18. The molecule has 21 heavy (non-hydrogen) atoms. The first-order chi connectivity index (χ1) is 9.86. The summed E-state index contributed by atoms with van der Waals surface area (Å²) in [6, 6.07) is 2.70. The third-order valence-electron chi connectivity index (χ3n) is 2.99. The van der Waals surface area contributed by atoms with Gasteiger partial charge in [-0.2, -0.15) is 0 Å². The largest absolute Gasteiger partial charge is 0.476 e. The normalized spacial score (nSPS) is 10.6. The molecule has 0 unspecified atom stereocenters. The molecule has 110 valence electrons. The van der Waals surface area contributed by atoms with Crippen molar-refractivity contribution in [3.8, 4) is 5.69 Å². The molecule has 0 radical (unpaired) electrons. The van der Waals surface area contributed by atoms with E-state index >= 15 is 0 Å². The minimum atomic E-state index is -1.18. The van der Waals surface area contributed by atoms with Gasteiger partial charge >= 0.3 is 5.97 Å². The van der Waals surface area contributed by atoms with Gasteiger partial charge in [-0.25, -0.2) is 9.48 Å². The summed E-state index contributed by atoms with van der Waals surface area (Å²) in [6.45, 7) is 3.42. The van der Waals surface area contributed by atoms with Gasteiger partial charge < -0.3 is 5.11 Å². The van der Waals surface area contributed by atoms with Crippen molar-refractivity contribution < 1.29 is 14.8 Å². The van der Waals surface area contributed by atoms with E-state index in [1.807, 2.05) is 0 Å². The van der Waals surface area contributed by atoms with Crippen LogP contribution >= 0.6 is 11.6 Å². The lowest BCUT2D eigenvalue weighted by molar-refractivity contribution is -0.384. The van der Waals surface area contributed by atoms with Crippen LogP contribution in [0.1, 0.15) is 28.7 Å². The Bertz CT molecular complexity index is 741. The van der Waals surface area contributed by atoms with E-state index in [1.54, 1.807) is 13.8 Å². The molecule has 0 saturated heterocycles. The van der Waals surface area contributed by atoms with E-state index in [4.69, 9.17) is 16.7 Å². The fraction of sp³-hybridized carbons (Fsp3) is 0.250. The van der Waals surface area contributed by atoms with Crippen molar-refractivity contribution >= 4 is 23.3 Å². The minimum absolute atomic E-state index is 0.0463. The van der Waals surface area contributed by atoms with Crippen molar-refractivity contribution in [2.45, 2.75) is 20.3 Å². The number of carboxylic acids is 1. The number of hydrogen-bond acceptors (Lipinski definition) is 5. The molecule has 1 aromatic heterocycles. The highest BCUT2D eigenvalue weighted by molar-refractivity contribution is 6.32. The Kier molecular flexibility index (Phi) is 3.90. The average Bonchev–Trinajstić information content (AvgIpc) is 2.84. The highest BCUT2D eigenvalue weighted by atomic mass is 35.5. The van der Waals surface area contributed by atoms with Crippen LogP contribution in [-0.2, 0) is 6.42 Å². The van der Waals surface area contributed by atoms with Gasteiger partial charge in [0.1, 0.15) is 5.02 Å². The van der Waals surface area contributed by atoms with E-state index in [1.165, 1.54) is 16.8 Å². The number of aromatic nitrogens is 3. The van der Waals surface area contributed by atoms with Gasteiger partial charge in [0.25, 0.3) is 5.69 Å². The summed E-state index contributed by atoms with van der Waals surface area (Å²) in [4.78, 5) is 21.4. The molecule has 1 aromatic carbocycles. The number of hydrogen-bond donors (Lipinski definition) is 1. The topological polar surface area (TPSA) is 111 Å². The number of carboxylic acid groups (broad SMARTS) is 1. The minimum Gasteiger partial charge on any atom is -0.476 e. The van der Waals surface area contributed by atoms with Crippen LogP contribution in [0.5, 0.6) is 0 Å². The van der Waals surface area contributed by atoms with Gasteiger partial charge in [-0.15, -0.1) is 5.10 Å². The highest BCUT2D eigenvalue weighted by Crippen LogP contribution is 2.30. The second-order valence-corrected chi connectivity index (χ2v) is 4.71. The average molecular weight is 311 g/mol. The predicted molar refractivity (Wildman–Crippen MR) is 74.1 cm³/mol. The SMILES string of the molecule is CCc1c(C(=O)O)nnn1-c1cc(Cl)c([N+](=O)[O-])cc1C. The van der Waals surface area contributed by atoms with E-state index < -0.39 is 10.9 Å². The third kappa shape index (κ3) is 2.57. The molecule has 1 heterocycles. The lowest BCUT2D eigenvalue weighted by atomic mass is 10.1. The van der Waals surface area contributed by atoms with Crippen LogP contribution in [0, 0.1) is 17.0 Å². The number of nitro groups is 1. The van der Waals surface area contributed by atoms with Gasteiger partial charge in [0.05, 0.1) is 16.3 Å². The van der Waals surface area contributed by atoms with Crippen LogP contribution in [-0.4, -0.2) is 31.0 Å². The molecule has 0 atom stereocenters. The maximum Gasteiger partial charge on any atom is 0.358 e. The number of nitrogens with zero attached hydrogens (tertiary/aromatic N) is 4. The highest BCUT2D eigenvalue weighted by Gasteiger charge is 2.22. The maximum absolute atomic E-state index is 11.1. The van der Waals surface area contributed by atoms with Crippen LogP contribution in [0.2, 0.25) is 5.02 Å². The van der Waals surface area contributed by atoms with Gasteiger partial charge in [-0.3, -0.25) is 10.1 Å². The zero-order chi connectivity index (χ0) is 15.7. The molecule has 0 amide bonds. The molecular formula is C12H11ClN4O4. The number of benzene rings is 1. The Hall–Kier alpha value is -2.48. The van der Waals surface area contributed by atoms with Crippen molar-refractivity contribution in [1.82, 2.24) is 15.0 Å². The third-order valence-corrected chi connectivity index (χ3v) is 3.29. The summed E-state index contributed by atoms with van der Waals surface area (Å²) in [7, 11) is 0. The Morgan fingerprint density at radius 1 is 1.52 bits per heavy atom. The van der Waals surface area contributed by atoms with Crippen molar-refractivity contribution in [1.29, 1.82) is 0 Å². The molecule has 0 aliphatic heterocycles. The monoisotopic (exact) mass is 310 g/mol. The number of carbonyl (C=O) groups is 1. The predicted octanol–water partition coefficient (Wildman–Crippen LogP) is 2.40. The number of aromatic carboxylic acids is 1. The maximum atomic E-state index is 11.1. The van der Waals surface area contributed by atoms with Crippen molar-refractivity contribution in [3.63, 3.8) is 0 Å². The van der Waals surface area contributed by atoms with E-state index in [2.05, 4.69) is 10.3 Å². The summed E-state index contributed by atoms with van der Waals surface area (Å²) >= 11 is 5.89. The number of rotatable bonds is 4. The van der Waals surface area contributed by atoms with Gasteiger partial charge in [-0.1, -0.05) is 23.7 Å². The van der Waals surface area contributed by atoms with E-state index in [9.17, 15) is 14.9 Å². The molecule has 0 aliphatic carbocycles. The molecule has 0 spiro atoms. The quantitative estimate of drug-likeness (QED) is 0.685. The second-order valence-electron chi connectivity index (χ2n) is 4.30. The lowest BCUT2D eigenvalue weighted by Gasteiger charge is -2.09. The summed E-state index contributed by atoms with van der Waals surface area (Å²) in [5.41, 5.74) is 1.04. The molecule has 1 N–H and O–H groups in total. The Morgan fingerprint density at radius 3 is 2.71 bits per heavy atom. The van der Waals surface area contributed by atoms with E-state index in [-0.39, 0.29) is 16.4 Å². The van der Waals surface area contributed by atoms with Gasteiger partial charge in [0.15, 0.2) is 5.69 Å². The Morgan fingerprint density at radius 2 is 2.19 bits per heavy atom. The standard InChI is InChI=1S/C12H11ClN4O4/c1-3-8-11(12(18)19)14-15-16(8)9-5-7(13)10(17(20)21)4-6(9)2/h4-5H,3H2,1-2H3,(H,18,19). The molecule has 0 saturated carbocycles. The summed E-state index contributed by atoms with van der Waals surface area (Å²) in [6.07, 6.45) is 0.392. The lowest BCUT2D eigenvalue weighted by Crippen LogP contribution is -2.07. The molecule has 0 fully saturated rings. The van der Waals surface area contributed by atoms with Crippen molar-refractivity contribution in [3.05, 3.63) is 44.2 Å². The molecule has 2 rings (SSSR count). The van der Waals surface area contributed by atoms with Crippen LogP contribution < -0.4 is 0 Å². The summed E-state index contributed by atoms with van der Waals surface area (Å²) in [5, 5.41) is 27.3. The number of halogens is 1. The molecular weight excluding hydrogens is 300 g/mol. The first-order valence-electron chi connectivity index (χ1n) is 5.99. The van der Waals surface area contributed by atoms with E-state index in [0.29, 0.717) is 23.4 Å². The first kappa shape index (κ1) is 14.9. The fourth-order valence-corrected chi connectivity index (χ4v) is 2.23. The van der Waals surface area contributed by atoms with Gasteiger partial charge in [0, 0.05) is 6.07 Å². The second kappa shape index (κ2) is 5.49. The van der Waals surface area contributed by atoms with Crippen LogP contribution in [0.25, 0.3) is 5.69 Å². The smallest absolute Gasteiger partial charge is 0.358 e. The molecule has 2 aromatic rings. The zero-order valence-corrected chi connectivity index (χ0v) is 12.0. The van der Waals surface area contributed by atoms with Crippen molar-refractivity contribution in [2.24, 2.45) is 0 Å². The Labute approximate surface area is 124 Å².